The molecule has 1 aromatic rings. The maximum absolute atomic E-state index is 12.0. The largest absolute Gasteiger partial charge is 0.353 e. The first-order valence-corrected chi connectivity index (χ1v) is 9.77. The number of halogens is 1. The minimum absolute atomic E-state index is 0.00707. The summed E-state index contributed by atoms with van der Waals surface area (Å²) in [5.41, 5.74) is 0. The Morgan fingerprint density at radius 3 is 2.78 bits per heavy atom. The summed E-state index contributed by atoms with van der Waals surface area (Å²) in [6, 6.07) is 5.91. The number of nitrogens with zero attached hydrogens (tertiary/aromatic N) is 1. The maximum atomic E-state index is 12.0. The van der Waals surface area contributed by atoms with E-state index in [4.69, 9.17) is 11.6 Å². The van der Waals surface area contributed by atoms with Crippen molar-refractivity contribution in [3.8, 4) is 0 Å². The molecule has 1 aliphatic heterocycles. The zero-order valence-corrected chi connectivity index (χ0v) is 14.5. The van der Waals surface area contributed by atoms with Gasteiger partial charge in [-0.2, -0.15) is 0 Å². The molecule has 2 N–H and O–H groups in total. The highest BCUT2D eigenvalue weighted by atomic mass is 35.5. The molecule has 1 heterocycles. The van der Waals surface area contributed by atoms with Crippen LogP contribution in [0.2, 0.25) is 5.02 Å². The number of hydrogen-bond donors (Lipinski definition) is 2. The second kappa shape index (κ2) is 8.00. The van der Waals surface area contributed by atoms with Gasteiger partial charge in [0.05, 0.1) is 16.5 Å². The van der Waals surface area contributed by atoms with Crippen LogP contribution in [0.5, 0.6) is 0 Å². The Morgan fingerprint density at radius 2 is 2.13 bits per heavy atom. The molecule has 1 aliphatic rings. The molecule has 1 saturated heterocycles. The summed E-state index contributed by atoms with van der Waals surface area (Å²) in [6.07, 6.45) is 0. The van der Waals surface area contributed by atoms with Gasteiger partial charge < -0.3 is 10.2 Å². The minimum Gasteiger partial charge on any atom is -0.353 e. The average Bonchev–Trinajstić information content (AvgIpc) is 2.89. The van der Waals surface area contributed by atoms with Crippen LogP contribution in [0.15, 0.2) is 29.2 Å². The van der Waals surface area contributed by atoms with Crippen LogP contribution in [-0.4, -0.2) is 56.4 Å². The van der Waals surface area contributed by atoms with Gasteiger partial charge >= 0.3 is 0 Å². The molecular weight excluding hydrogens is 362 g/mol. The molecule has 126 valence electrons. The number of amides is 2. The van der Waals surface area contributed by atoms with E-state index >= 15 is 0 Å². The van der Waals surface area contributed by atoms with Crippen LogP contribution in [-0.2, 0) is 19.6 Å². The van der Waals surface area contributed by atoms with E-state index in [1.807, 2.05) is 0 Å². The van der Waals surface area contributed by atoms with Crippen molar-refractivity contribution in [1.82, 2.24) is 14.9 Å². The summed E-state index contributed by atoms with van der Waals surface area (Å²) in [4.78, 5) is 24.6. The molecule has 2 amide bonds. The van der Waals surface area contributed by atoms with Crippen LogP contribution in [0, 0.1) is 0 Å². The van der Waals surface area contributed by atoms with Gasteiger partial charge in [-0.3, -0.25) is 9.59 Å². The lowest BCUT2D eigenvalue weighted by Gasteiger charge is -2.14. The predicted octanol–water partition coefficient (Wildman–Crippen LogP) is 0.267. The first-order valence-electron chi connectivity index (χ1n) is 6.76. The van der Waals surface area contributed by atoms with Crippen molar-refractivity contribution < 1.29 is 18.0 Å². The van der Waals surface area contributed by atoms with Crippen molar-refractivity contribution in [3.05, 3.63) is 29.3 Å². The van der Waals surface area contributed by atoms with Crippen LogP contribution in [0.1, 0.15) is 0 Å². The van der Waals surface area contributed by atoms with Gasteiger partial charge in [0.2, 0.25) is 21.8 Å². The van der Waals surface area contributed by atoms with Crippen molar-refractivity contribution in [3.63, 3.8) is 0 Å². The third-order valence-corrected chi connectivity index (χ3v) is 5.64. The van der Waals surface area contributed by atoms with Gasteiger partial charge in [-0.15, -0.1) is 11.8 Å². The molecule has 0 aromatic heterocycles. The summed E-state index contributed by atoms with van der Waals surface area (Å²) in [7, 11) is -3.67. The number of nitrogens with one attached hydrogen (secondary N) is 2. The lowest BCUT2D eigenvalue weighted by atomic mass is 10.4. The zero-order chi connectivity index (χ0) is 16.9. The van der Waals surface area contributed by atoms with E-state index in [0.29, 0.717) is 16.7 Å². The monoisotopic (exact) mass is 377 g/mol. The van der Waals surface area contributed by atoms with Gasteiger partial charge in [0, 0.05) is 18.1 Å². The van der Waals surface area contributed by atoms with E-state index in [-0.39, 0.29) is 36.3 Å². The van der Waals surface area contributed by atoms with Crippen molar-refractivity contribution in [1.29, 1.82) is 0 Å². The Hall–Kier alpha value is -1.29. The molecule has 1 aromatic carbocycles. The van der Waals surface area contributed by atoms with Crippen molar-refractivity contribution in [2.75, 3.05) is 31.3 Å². The maximum Gasteiger partial charge on any atom is 0.240 e. The van der Waals surface area contributed by atoms with Crippen LogP contribution in [0.25, 0.3) is 0 Å². The number of benzene rings is 1. The third-order valence-electron chi connectivity index (χ3n) is 3.01. The highest BCUT2D eigenvalue weighted by Gasteiger charge is 2.22. The molecule has 0 bridgehead atoms. The van der Waals surface area contributed by atoms with Gasteiger partial charge in [0.1, 0.15) is 6.54 Å². The topological polar surface area (TPSA) is 95.6 Å². The summed E-state index contributed by atoms with van der Waals surface area (Å²) >= 11 is 7.22. The second-order valence-electron chi connectivity index (χ2n) is 4.77. The molecule has 0 unspecified atom stereocenters. The fraction of sp³-hybridized carbons (Fsp3) is 0.385. The van der Waals surface area contributed by atoms with Gasteiger partial charge in [-0.25, -0.2) is 13.1 Å². The highest BCUT2D eigenvalue weighted by molar-refractivity contribution is 8.00. The van der Waals surface area contributed by atoms with Gasteiger partial charge in [-0.1, -0.05) is 17.7 Å². The molecule has 1 fully saturated rings. The van der Waals surface area contributed by atoms with E-state index in [1.165, 1.54) is 28.8 Å². The third kappa shape index (κ3) is 5.38. The number of carbonyl (C=O) groups is 2. The Balaban J connectivity index is 1.74. The summed E-state index contributed by atoms with van der Waals surface area (Å²) < 4.78 is 26.4. The Morgan fingerprint density at radius 1 is 1.35 bits per heavy atom. The van der Waals surface area contributed by atoms with Crippen LogP contribution < -0.4 is 10.0 Å². The fourth-order valence-corrected chi connectivity index (χ4v) is 4.11. The fourth-order valence-electron chi connectivity index (χ4n) is 1.87. The predicted molar refractivity (Wildman–Crippen MR) is 88.7 cm³/mol. The quantitative estimate of drug-likeness (QED) is 0.665. The standard InChI is InChI=1S/C13H16ClN3O4S2/c14-10-2-1-3-11(6-10)23(20,21)16-5-4-15-12(18)7-17-9-22-8-13(17)19/h1-3,6,16H,4-5,7-9H2,(H,15,18). The normalized spacial score (nSPS) is 15.0. The molecule has 23 heavy (non-hydrogen) atoms. The molecule has 2 rings (SSSR count). The minimum atomic E-state index is -3.67. The first kappa shape index (κ1) is 18.1. The molecule has 0 aliphatic carbocycles. The molecule has 0 radical (unpaired) electrons. The Labute approximate surface area is 143 Å². The first-order chi connectivity index (χ1) is 10.9. The van der Waals surface area contributed by atoms with E-state index < -0.39 is 10.0 Å². The highest BCUT2D eigenvalue weighted by Crippen LogP contribution is 2.15. The zero-order valence-electron chi connectivity index (χ0n) is 12.1. The van der Waals surface area contributed by atoms with Crippen molar-refractivity contribution >= 4 is 45.2 Å². The van der Waals surface area contributed by atoms with Gasteiger partial charge in [0.15, 0.2) is 0 Å². The number of sulfonamides is 1. The lowest BCUT2D eigenvalue weighted by Crippen LogP contribution is -2.41. The molecular formula is C13H16ClN3O4S2. The summed E-state index contributed by atoms with van der Waals surface area (Å²) in [6.45, 7) is 0.171. The van der Waals surface area contributed by atoms with Crippen LogP contribution in [0.3, 0.4) is 0 Å². The Bertz CT molecular complexity index is 696. The van der Waals surface area contributed by atoms with Crippen molar-refractivity contribution in [2.24, 2.45) is 0 Å². The molecule has 0 saturated carbocycles. The van der Waals surface area contributed by atoms with E-state index in [0.717, 1.165) is 0 Å². The van der Waals surface area contributed by atoms with Crippen LogP contribution in [0.4, 0.5) is 0 Å². The number of rotatable bonds is 7. The number of thioether (sulfide) groups is 1. The molecule has 0 atom stereocenters. The molecule has 7 nitrogen and oxygen atoms in total. The van der Waals surface area contributed by atoms with Gasteiger partial charge in [0.25, 0.3) is 0 Å². The molecule has 0 spiro atoms. The Kier molecular flexibility index (Phi) is 6.28. The number of hydrogen-bond acceptors (Lipinski definition) is 5. The lowest BCUT2D eigenvalue weighted by molar-refractivity contribution is -0.132. The SMILES string of the molecule is O=C(CN1CSCC1=O)NCCNS(=O)(=O)c1cccc(Cl)c1. The second-order valence-corrected chi connectivity index (χ2v) is 7.93. The number of carbonyl (C=O) groups excluding carboxylic acids is 2. The van der Waals surface area contributed by atoms with E-state index in [1.54, 1.807) is 12.1 Å². The average molecular weight is 378 g/mol. The van der Waals surface area contributed by atoms with Gasteiger partial charge in [-0.05, 0) is 18.2 Å². The summed E-state index contributed by atoms with van der Waals surface area (Å²) in [5.74, 6) is 0.523. The smallest absolute Gasteiger partial charge is 0.240 e. The van der Waals surface area contributed by atoms with Crippen molar-refractivity contribution in [2.45, 2.75) is 4.90 Å². The molecule has 10 heteroatoms. The van der Waals surface area contributed by atoms with Crippen LogP contribution >= 0.6 is 23.4 Å². The summed E-state index contributed by atoms with van der Waals surface area (Å²) in [5, 5.41) is 2.90. The van der Waals surface area contributed by atoms with E-state index in [2.05, 4.69) is 10.0 Å². The van der Waals surface area contributed by atoms with E-state index in [9.17, 15) is 18.0 Å².